The average molecular weight is 228 g/mol. The summed E-state index contributed by atoms with van der Waals surface area (Å²) < 4.78 is 0. The average Bonchev–Trinajstić information content (AvgIpc) is 2.25. The van der Waals surface area contributed by atoms with Gasteiger partial charge in [0.1, 0.15) is 0 Å². The number of rotatable bonds is 6. The first-order valence-electron chi connectivity index (χ1n) is 6.47. The second-order valence-electron chi connectivity index (χ2n) is 5.10. The summed E-state index contributed by atoms with van der Waals surface area (Å²) in [5.41, 5.74) is 12.0. The zero-order valence-corrected chi connectivity index (χ0v) is 10.0. The second-order valence-corrected chi connectivity index (χ2v) is 5.10. The molecule has 16 heavy (non-hydrogen) atoms. The first-order valence-corrected chi connectivity index (χ1v) is 6.47. The lowest BCUT2D eigenvalue weighted by atomic mass is 9.79. The van der Waals surface area contributed by atoms with E-state index in [9.17, 15) is 0 Å². The largest absolute Gasteiger partial charge is 0.451 e. The van der Waals surface area contributed by atoms with Crippen molar-refractivity contribution >= 4 is 7.12 Å². The highest BCUT2D eigenvalue weighted by Crippen LogP contribution is 2.27. The summed E-state index contributed by atoms with van der Waals surface area (Å²) in [7, 11) is -1.16. The lowest BCUT2D eigenvalue weighted by Gasteiger charge is -2.30. The first-order chi connectivity index (χ1) is 7.59. The SMILES string of the molecule is NC1CCC(C(N)CCCCB(O)O)CC1. The Morgan fingerprint density at radius 3 is 2.31 bits per heavy atom. The Hall–Kier alpha value is -0.0951. The molecule has 0 radical (unpaired) electrons. The van der Waals surface area contributed by atoms with Crippen molar-refractivity contribution in [1.82, 2.24) is 0 Å². The fraction of sp³-hybridized carbons (Fsp3) is 1.00. The molecule has 0 aromatic heterocycles. The predicted molar refractivity (Wildman–Crippen MR) is 66.8 cm³/mol. The van der Waals surface area contributed by atoms with Crippen LogP contribution in [0, 0.1) is 5.92 Å². The summed E-state index contributed by atoms with van der Waals surface area (Å²) >= 11 is 0. The number of hydrogen-bond acceptors (Lipinski definition) is 4. The van der Waals surface area contributed by atoms with Gasteiger partial charge >= 0.3 is 7.12 Å². The van der Waals surface area contributed by atoms with Crippen LogP contribution in [0.15, 0.2) is 0 Å². The molecular weight excluding hydrogens is 203 g/mol. The molecule has 1 aliphatic carbocycles. The third-order valence-corrected chi connectivity index (χ3v) is 3.67. The maximum atomic E-state index is 8.71. The van der Waals surface area contributed by atoms with Gasteiger partial charge in [-0.25, -0.2) is 0 Å². The van der Waals surface area contributed by atoms with E-state index in [1.165, 1.54) is 0 Å². The van der Waals surface area contributed by atoms with E-state index in [2.05, 4.69) is 0 Å². The standard InChI is InChI=1S/C11H25BN2O2/c13-10-6-4-9(5-7-10)11(14)3-1-2-8-12(15)16/h9-11,15-16H,1-8,13-14H2. The van der Waals surface area contributed by atoms with Crippen LogP contribution in [0.1, 0.15) is 44.9 Å². The first kappa shape index (κ1) is 14.0. The molecule has 1 fully saturated rings. The highest BCUT2D eigenvalue weighted by molar-refractivity contribution is 6.40. The van der Waals surface area contributed by atoms with Gasteiger partial charge in [0, 0.05) is 12.1 Å². The normalized spacial score (nSPS) is 27.8. The Labute approximate surface area is 98.5 Å². The van der Waals surface area contributed by atoms with E-state index in [1.54, 1.807) is 0 Å². The van der Waals surface area contributed by atoms with Crippen LogP contribution in [0.3, 0.4) is 0 Å². The van der Waals surface area contributed by atoms with Crippen LogP contribution in [-0.4, -0.2) is 29.3 Å². The molecule has 94 valence electrons. The summed E-state index contributed by atoms with van der Waals surface area (Å²) in [6.45, 7) is 0. The summed E-state index contributed by atoms with van der Waals surface area (Å²) in [6, 6.07) is 0.649. The fourth-order valence-corrected chi connectivity index (χ4v) is 2.52. The number of unbranched alkanes of at least 4 members (excludes halogenated alkanes) is 1. The molecule has 0 saturated heterocycles. The third-order valence-electron chi connectivity index (χ3n) is 3.67. The minimum absolute atomic E-state index is 0.267. The third kappa shape index (κ3) is 5.30. The molecule has 0 aromatic carbocycles. The van der Waals surface area contributed by atoms with Gasteiger partial charge in [0.05, 0.1) is 0 Å². The smallest absolute Gasteiger partial charge is 0.427 e. The van der Waals surface area contributed by atoms with E-state index in [1.807, 2.05) is 0 Å². The van der Waals surface area contributed by atoms with Crippen molar-refractivity contribution in [1.29, 1.82) is 0 Å². The molecule has 5 heteroatoms. The molecule has 4 nitrogen and oxygen atoms in total. The molecule has 0 aliphatic heterocycles. The molecule has 0 heterocycles. The molecule has 0 aromatic rings. The van der Waals surface area contributed by atoms with Crippen molar-refractivity contribution < 1.29 is 10.0 Å². The maximum absolute atomic E-state index is 8.71. The van der Waals surface area contributed by atoms with Crippen molar-refractivity contribution in [3.63, 3.8) is 0 Å². The molecule has 1 saturated carbocycles. The van der Waals surface area contributed by atoms with Crippen molar-refractivity contribution in [3.05, 3.63) is 0 Å². The van der Waals surface area contributed by atoms with E-state index in [0.717, 1.165) is 44.9 Å². The van der Waals surface area contributed by atoms with Crippen molar-refractivity contribution in [2.24, 2.45) is 17.4 Å². The number of hydrogen-bond donors (Lipinski definition) is 4. The Kier molecular flexibility index (Phi) is 6.35. The minimum atomic E-state index is -1.16. The van der Waals surface area contributed by atoms with Gasteiger partial charge in [-0.2, -0.15) is 0 Å². The van der Waals surface area contributed by atoms with Crippen LogP contribution >= 0.6 is 0 Å². The summed E-state index contributed by atoms with van der Waals surface area (Å²) in [5.74, 6) is 0.624. The van der Waals surface area contributed by atoms with Gasteiger partial charge in [-0.3, -0.25) is 0 Å². The minimum Gasteiger partial charge on any atom is -0.427 e. The second kappa shape index (κ2) is 7.27. The monoisotopic (exact) mass is 228 g/mol. The van der Waals surface area contributed by atoms with Gasteiger partial charge < -0.3 is 21.5 Å². The van der Waals surface area contributed by atoms with Crippen LogP contribution in [0.2, 0.25) is 6.32 Å². The molecule has 1 atom stereocenters. The number of nitrogens with two attached hydrogens (primary N) is 2. The Bertz CT molecular complexity index is 185. The zero-order valence-electron chi connectivity index (χ0n) is 10.0. The van der Waals surface area contributed by atoms with Gasteiger partial charge in [0.2, 0.25) is 0 Å². The van der Waals surface area contributed by atoms with Gasteiger partial charge in [-0.15, -0.1) is 0 Å². The molecular formula is C11H25BN2O2. The van der Waals surface area contributed by atoms with Crippen LogP contribution in [0.5, 0.6) is 0 Å². The van der Waals surface area contributed by atoms with Crippen LogP contribution in [0.4, 0.5) is 0 Å². The maximum Gasteiger partial charge on any atom is 0.451 e. The van der Waals surface area contributed by atoms with Gasteiger partial charge in [-0.05, 0) is 44.3 Å². The molecule has 1 unspecified atom stereocenters. The molecule has 0 amide bonds. The Morgan fingerprint density at radius 1 is 1.12 bits per heavy atom. The molecule has 1 rings (SSSR count). The molecule has 6 N–H and O–H groups in total. The van der Waals surface area contributed by atoms with Gasteiger partial charge in [-0.1, -0.05) is 12.8 Å². The van der Waals surface area contributed by atoms with Gasteiger partial charge in [0.15, 0.2) is 0 Å². The summed E-state index contributed by atoms with van der Waals surface area (Å²) in [6.07, 6.45) is 7.81. The summed E-state index contributed by atoms with van der Waals surface area (Å²) in [4.78, 5) is 0. The molecule has 1 aliphatic rings. The fourth-order valence-electron chi connectivity index (χ4n) is 2.52. The predicted octanol–water partition coefficient (Wildman–Crippen LogP) is 0.474. The highest BCUT2D eigenvalue weighted by Gasteiger charge is 2.23. The van der Waals surface area contributed by atoms with Crippen molar-refractivity contribution in [3.8, 4) is 0 Å². The van der Waals surface area contributed by atoms with E-state index in [-0.39, 0.29) is 6.04 Å². The van der Waals surface area contributed by atoms with Gasteiger partial charge in [0.25, 0.3) is 0 Å². The topological polar surface area (TPSA) is 92.5 Å². The molecule has 0 spiro atoms. The Balaban J connectivity index is 2.08. The lowest BCUT2D eigenvalue weighted by Crippen LogP contribution is -2.36. The van der Waals surface area contributed by atoms with Crippen molar-refractivity contribution in [2.75, 3.05) is 0 Å². The molecule has 0 bridgehead atoms. The van der Waals surface area contributed by atoms with Crippen LogP contribution in [-0.2, 0) is 0 Å². The van der Waals surface area contributed by atoms with E-state index in [4.69, 9.17) is 21.5 Å². The quantitative estimate of drug-likeness (QED) is 0.393. The highest BCUT2D eigenvalue weighted by atomic mass is 16.4. The van der Waals surface area contributed by atoms with E-state index < -0.39 is 7.12 Å². The van der Waals surface area contributed by atoms with Crippen molar-refractivity contribution in [2.45, 2.75) is 63.3 Å². The van der Waals surface area contributed by atoms with Crippen LogP contribution in [0.25, 0.3) is 0 Å². The van der Waals surface area contributed by atoms with E-state index >= 15 is 0 Å². The summed E-state index contributed by atoms with van der Waals surface area (Å²) in [5, 5.41) is 17.4. The zero-order chi connectivity index (χ0) is 12.0. The lowest BCUT2D eigenvalue weighted by molar-refractivity contribution is 0.271. The Morgan fingerprint density at radius 2 is 1.75 bits per heavy atom. The van der Waals surface area contributed by atoms with Crippen LogP contribution < -0.4 is 11.5 Å². The van der Waals surface area contributed by atoms with E-state index in [0.29, 0.717) is 18.3 Å².